The summed E-state index contributed by atoms with van der Waals surface area (Å²) >= 11 is 7.28. The van der Waals surface area contributed by atoms with E-state index in [0.717, 1.165) is 27.1 Å². The molecule has 0 saturated heterocycles. The van der Waals surface area contributed by atoms with Crippen LogP contribution in [0.4, 0.5) is 0 Å². The molecular weight excluding hydrogens is 396 g/mol. The number of methoxy groups -OCH3 is 1. The number of rotatable bonds is 5. The van der Waals surface area contributed by atoms with Gasteiger partial charge in [0.2, 0.25) is 0 Å². The van der Waals surface area contributed by atoms with Crippen molar-refractivity contribution in [3.05, 3.63) is 58.1 Å². The molecule has 21 heavy (non-hydrogen) atoms. The Morgan fingerprint density at radius 1 is 1.00 bits per heavy atom. The molecule has 2 nitrogen and oxygen atoms in total. The van der Waals surface area contributed by atoms with Crippen molar-refractivity contribution in [2.75, 3.05) is 7.11 Å². The molecule has 112 valence electrons. The highest BCUT2D eigenvalue weighted by atomic mass is 79.9. The molecule has 2 aromatic carbocycles. The Kier molecular flexibility index (Phi) is 5.71. The van der Waals surface area contributed by atoms with Crippen LogP contribution in [0.3, 0.4) is 0 Å². The smallest absolute Gasteiger partial charge is 0.133 e. The van der Waals surface area contributed by atoms with Crippen molar-refractivity contribution in [2.45, 2.75) is 24.8 Å². The lowest BCUT2D eigenvalue weighted by Crippen LogP contribution is -2.05. The first kappa shape index (κ1) is 16.4. The van der Waals surface area contributed by atoms with Crippen LogP contribution in [0.5, 0.6) is 11.5 Å². The molecule has 1 unspecified atom stereocenters. The van der Waals surface area contributed by atoms with Crippen molar-refractivity contribution < 1.29 is 9.47 Å². The molecule has 4 heteroatoms. The minimum Gasteiger partial charge on any atom is -0.496 e. The number of benzene rings is 2. The molecule has 2 rings (SSSR count). The van der Waals surface area contributed by atoms with Crippen molar-refractivity contribution in [1.82, 2.24) is 0 Å². The van der Waals surface area contributed by atoms with Gasteiger partial charge in [-0.3, -0.25) is 0 Å². The second kappa shape index (κ2) is 7.32. The highest BCUT2D eigenvalue weighted by Gasteiger charge is 2.13. The normalized spacial score (nSPS) is 12.3. The zero-order chi connectivity index (χ0) is 15.4. The number of ether oxygens (including phenoxy) is 2. The molecule has 1 atom stereocenters. The third kappa shape index (κ3) is 4.24. The van der Waals surface area contributed by atoms with Gasteiger partial charge in [-0.1, -0.05) is 34.1 Å². The summed E-state index contributed by atoms with van der Waals surface area (Å²) in [5.41, 5.74) is 2.31. The van der Waals surface area contributed by atoms with Gasteiger partial charge in [-0.15, -0.1) is 0 Å². The van der Waals surface area contributed by atoms with E-state index in [1.807, 2.05) is 32.0 Å². The summed E-state index contributed by atoms with van der Waals surface area (Å²) in [6.07, 6.45) is 0.171. The second-order valence-corrected chi connectivity index (χ2v) is 6.77. The number of alkyl halides is 1. The minimum atomic E-state index is 0.107. The number of hydrogen-bond acceptors (Lipinski definition) is 2. The third-order valence-electron chi connectivity index (χ3n) is 2.99. The molecule has 0 aliphatic carbocycles. The van der Waals surface area contributed by atoms with Crippen LogP contribution < -0.4 is 9.47 Å². The quantitative estimate of drug-likeness (QED) is 0.582. The SMILES string of the molecule is COc1ccc(C(Br)c2cccc(OC(C)C)c2)cc1Br. The van der Waals surface area contributed by atoms with Crippen LogP contribution in [0.25, 0.3) is 0 Å². The molecule has 0 heterocycles. The lowest BCUT2D eigenvalue weighted by atomic mass is 10.0. The summed E-state index contributed by atoms with van der Waals surface area (Å²) in [5, 5.41) is 0. The highest BCUT2D eigenvalue weighted by molar-refractivity contribution is 9.10. The van der Waals surface area contributed by atoms with E-state index in [1.165, 1.54) is 0 Å². The Balaban J connectivity index is 2.27. The molecule has 0 fully saturated rings. The Morgan fingerprint density at radius 3 is 2.33 bits per heavy atom. The fraction of sp³-hybridized carbons (Fsp3) is 0.294. The predicted octanol–water partition coefficient (Wildman–Crippen LogP) is 5.73. The standard InChI is InChI=1S/C17H18Br2O2/c1-11(2)21-14-6-4-5-12(9-14)17(19)13-7-8-16(20-3)15(18)10-13/h4-11,17H,1-3H3. The van der Waals surface area contributed by atoms with Crippen LogP contribution in [0, 0.1) is 0 Å². The van der Waals surface area contributed by atoms with Gasteiger partial charge in [0.1, 0.15) is 11.5 Å². The predicted molar refractivity (Wildman–Crippen MR) is 93.7 cm³/mol. The van der Waals surface area contributed by atoms with E-state index in [4.69, 9.17) is 9.47 Å². The van der Waals surface area contributed by atoms with Gasteiger partial charge in [0.05, 0.1) is 22.5 Å². The van der Waals surface area contributed by atoms with Crippen LogP contribution >= 0.6 is 31.9 Å². The van der Waals surface area contributed by atoms with Gasteiger partial charge in [0, 0.05) is 0 Å². The molecular formula is C17H18Br2O2. The monoisotopic (exact) mass is 412 g/mol. The maximum Gasteiger partial charge on any atom is 0.133 e. The maximum absolute atomic E-state index is 5.75. The fourth-order valence-corrected chi connectivity index (χ4v) is 3.18. The van der Waals surface area contributed by atoms with Crippen LogP contribution in [0.1, 0.15) is 29.8 Å². The highest BCUT2D eigenvalue weighted by Crippen LogP contribution is 2.36. The van der Waals surface area contributed by atoms with Crippen molar-refractivity contribution in [3.8, 4) is 11.5 Å². The molecule has 0 bridgehead atoms. The van der Waals surface area contributed by atoms with E-state index in [0.29, 0.717) is 0 Å². The van der Waals surface area contributed by atoms with E-state index >= 15 is 0 Å². The van der Waals surface area contributed by atoms with Gasteiger partial charge < -0.3 is 9.47 Å². The van der Waals surface area contributed by atoms with E-state index < -0.39 is 0 Å². The summed E-state index contributed by atoms with van der Waals surface area (Å²) in [4.78, 5) is 0.107. The largest absolute Gasteiger partial charge is 0.496 e. The average molecular weight is 414 g/mol. The topological polar surface area (TPSA) is 18.5 Å². The Morgan fingerprint density at radius 2 is 1.71 bits per heavy atom. The van der Waals surface area contributed by atoms with Crippen LogP contribution in [-0.4, -0.2) is 13.2 Å². The van der Waals surface area contributed by atoms with E-state index in [2.05, 4.69) is 56.1 Å². The third-order valence-corrected chi connectivity index (χ3v) is 4.67. The van der Waals surface area contributed by atoms with Crippen molar-refractivity contribution in [3.63, 3.8) is 0 Å². The molecule has 0 radical (unpaired) electrons. The summed E-state index contributed by atoms with van der Waals surface area (Å²) < 4.78 is 12.0. The molecule has 0 amide bonds. The number of halogens is 2. The summed E-state index contributed by atoms with van der Waals surface area (Å²) in [7, 11) is 1.66. The molecule has 0 aromatic heterocycles. The second-order valence-electron chi connectivity index (χ2n) is 5.00. The average Bonchev–Trinajstić information content (AvgIpc) is 2.46. The maximum atomic E-state index is 5.75. The van der Waals surface area contributed by atoms with Gasteiger partial charge in [-0.05, 0) is 65.2 Å². The molecule has 2 aromatic rings. The first-order chi connectivity index (χ1) is 10.0. The van der Waals surface area contributed by atoms with Crippen LogP contribution in [0.2, 0.25) is 0 Å². The molecule has 0 N–H and O–H groups in total. The molecule has 0 spiro atoms. The lowest BCUT2D eigenvalue weighted by molar-refractivity contribution is 0.242. The lowest BCUT2D eigenvalue weighted by Gasteiger charge is -2.15. The van der Waals surface area contributed by atoms with Crippen molar-refractivity contribution in [1.29, 1.82) is 0 Å². The molecule has 0 aliphatic rings. The Hall–Kier alpha value is -1.00. The molecule has 0 saturated carbocycles. The van der Waals surface area contributed by atoms with Crippen molar-refractivity contribution in [2.24, 2.45) is 0 Å². The summed E-state index contributed by atoms with van der Waals surface area (Å²) in [6.45, 7) is 4.05. The van der Waals surface area contributed by atoms with Gasteiger partial charge in [0.15, 0.2) is 0 Å². The first-order valence-electron chi connectivity index (χ1n) is 6.75. The van der Waals surface area contributed by atoms with E-state index in [9.17, 15) is 0 Å². The van der Waals surface area contributed by atoms with Gasteiger partial charge >= 0.3 is 0 Å². The minimum absolute atomic E-state index is 0.107. The summed E-state index contributed by atoms with van der Waals surface area (Å²) in [6, 6.07) is 14.2. The van der Waals surface area contributed by atoms with Crippen LogP contribution in [0.15, 0.2) is 46.9 Å². The molecule has 0 aliphatic heterocycles. The van der Waals surface area contributed by atoms with Gasteiger partial charge in [0.25, 0.3) is 0 Å². The number of hydrogen-bond donors (Lipinski definition) is 0. The van der Waals surface area contributed by atoms with Gasteiger partial charge in [-0.25, -0.2) is 0 Å². The van der Waals surface area contributed by atoms with Crippen LogP contribution in [-0.2, 0) is 0 Å². The summed E-state index contributed by atoms with van der Waals surface area (Å²) in [5.74, 6) is 1.72. The zero-order valence-corrected chi connectivity index (χ0v) is 15.4. The fourth-order valence-electron chi connectivity index (χ4n) is 2.05. The van der Waals surface area contributed by atoms with Crippen molar-refractivity contribution >= 4 is 31.9 Å². The van der Waals surface area contributed by atoms with E-state index in [-0.39, 0.29) is 10.9 Å². The Bertz CT molecular complexity index is 611. The van der Waals surface area contributed by atoms with Gasteiger partial charge in [-0.2, -0.15) is 0 Å². The zero-order valence-electron chi connectivity index (χ0n) is 12.3. The van der Waals surface area contributed by atoms with E-state index in [1.54, 1.807) is 7.11 Å². The first-order valence-corrected chi connectivity index (χ1v) is 8.46. The Labute approximate surface area is 142 Å².